The molecule has 1 unspecified atom stereocenters. The van der Waals surface area contributed by atoms with Crippen molar-refractivity contribution in [2.45, 2.75) is 25.0 Å². The quantitative estimate of drug-likeness (QED) is 0.690. The zero-order valence-electron chi connectivity index (χ0n) is 9.87. The number of hydrogen-bond acceptors (Lipinski definition) is 5. The first-order valence-electron chi connectivity index (χ1n) is 5.63. The summed E-state index contributed by atoms with van der Waals surface area (Å²) >= 11 is 0. The van der Waals surface area contributed by atoms with Crippen LogP contribution in [0.4, 0.5) is 0 Å². The Balaban J connectivity index is 2.85. The number of hydrogen-bond donors (Lipinski definition) is 1. The van der Waals surface area contributed by atoms with E-state index in [-0.39, 0.29) is 31.1 Å². The van der Waals surface area contributed by atoms with Gasteiger partial charge >= 0.3 is 0 Å². The van der Waals surface area contributed by atoms with Crippen molar-refractivity contribution >= 4 is 19.9 Å². The summed E-state index contributed by atoms with van der Waals surface area (Å²) in [5.74, 6) is -0.350. The zero-order valence-corrected chi connectivity index (χ0v) is 11.5. The minimum atomic E-state index is -3.60. The van der Waals surface area contributed by atoms with Gasteiger partial charge in [-0.25, -0.2) is 16.8 Å². The maximum Gasteiger partial charge on any atom is 0.218 e. The Morgan fingerprint density at radius 1 is 1.35 bits per heavy atom. The van der Waals surface area contributed by atoms with E-state index in [1.54, 1.807) is 0 Å². The van der Waals surface area contributed by atoms with Crippen molar-refractivity contribution in [2.24, 2.45) is 0 Å². The molecule has 1 aliphatic heterocycles. The van der Waals surface area contributed by atoms with Gasteiger partial charge in [-0.1, -0.05) is 6.92 Å². The fourth-order valence-corrected chi connectivity index (χ4v) is 6.55. The van der Waals surface area contributed by atoms with E-state index in [1.807, 2.05) is 6.92 Å². The molecule has 1 atom stereocenters. The highest BCUT2D eigenvalue weighted by Gasteiger charge is 2.39. The Labute approximate surface area is 103 Å². The fourth-order valence-electron chi connectivity index (χ4n) is 1.93. The number of aliphatic hydroxyl groups excluding tert-OH is 1. The molecule has 1 N–H and O–H groups in total. The highest BCUT2D eigenvalue weighted by Crippen LogP contribution is 2.22. The van der Waals surface area contributed by atoms with Crippen molar-refractivity contribution in [3.63, 3.8) is 0 Å². The Hall–Kier alpha value is -0.180. The molecule has 1 heterocycles. The first-order chi connectivity index (χ1) is 7.83. The molecule has 0 aromatic heterocycles. The molecule has 8 heteroatoms. The third-order valence-electron chi connectivity index (χ3n) is 2.79. The smallest absolute Gasteiger partial charge is 0.218 e. The Morgan fingerprint density at radius 3 is 2.41 bits per heavy atom. The van der Waals surface area contributed by atoms with Crippen molar-refractivity contribution in [2.75, 3.05) is 31.2 Å². The van der Waals surface area contributed by atoms with Crippen molar-refractivity contribution in [3.8, 4) is 0 Å². The molecule has 1 rings (SSSR count). The van der Waals surface area contributed by atoms with Crippen molar-refractivity contribution in [1.82, 2.24) is 4.31 Å². The molecular weight excluding hydrogens is 266 g/mol. The van der Waals surface area contributed by atoms with E-state index in [1.165, 1.54) is 4.31 Å². The van der Waals surface area contributed by atoms with Crippen LogP contribution in [0.15, 0.2) is 0 Å². The summed E-state index contributed by atoms with van der Waals surface area (Å²) in [7, 11) is -6.81. The van der Waals surface area contributed by atoms with Gasteiger partial charge in [0.1, 0.15) is 0 Å². The predicted octanol–water partition coefficient (Wildman–Crippen LogP) is -0.792. The lowest BCUT2D eigenvalue weighted by atomic mass is 10.4. The topological polar surface area (TPSA) is 91.8 Å². The monoisotopic (exact) mass is 285 g/mol. The van der Waals surface area contributed by atoms with E-state index in [2.05, 4.69) is 0 Å². The van der Waals surface area contributed by atoms with Gasteiger partial charge in [-0.3, -0.25) is 0 Å². The third kappa shape index (κ3) is 3.64. The molecule has 17 heavy (non-hydrogen) atoms. The van der Waals surface area contributed by atoms with E-state index in [0.717, 1.165) is 0 Å². The van der Waals surface area contributed by atoms with Crippen LogP contribution >= 0.6 is 0 Å². The lowest BCUT2D eigenvalue weighted by molar-refractivity contribution is 0.252. The van der Waals surface area contributed by atoms with E-state index in [4.69, 9.17) is 5.11 Å². The summed E-state index contributed by atoms with van der Waals surface area (Å²) in [4.78, 5) is 0. The standard InChI is InChI=1S/C9H19NO5S2/c1-2-4-10(5-6-11)17(14,15)9-3-7-16(12,13)8-9/h9,11H,2-8H2,1H3. The zero-order chi connectivity index (χ0) is 13.1. The fraction of sp³-hybridized carbons (Fsp3) is 1.00. The van der Waals surface area contributed by atoms with Crippen LogP contribution in [0.3, 0.4) is 0 Å². The molecule has 0 saturated carbocycles. The maximum atomic E-state index is 12.2. The highest BCUT2D eigenvalue weighted by atomic mass is 32.2. The SMILES string of the molecule is CCCN(CCO)S(=O)(=O)C1CCS(=O)(=O)C1. The normalized spacial score (nSPS) is 24.3. The molecule has 0 amide bonds. The van der Waals surface area contributed by atoms with Crippen LogP contribution in [0, 0.1) is 0 Å². The largest absolute Gasteiger partial charge is 0.395 e. The first-order valence-corrected chi connectivity index (χ1v) is 8.96. The van der Waals surface area contributed by atoms with Gasteiger partial charge in [-0.2, -0.15) is 4.31 Å². The molecule has 0 radical (unpaired) electrons. The molecule has 0 spiro atoms. The van der Waals surface area contributed by atoms with E-state index < -0.39 is 25.1 Å². The summed E-state index contributed by atoms with van der Waals surface area (Å²) in [6.45, 7) is 1.94. The second-order valence-corrected chi connectivity index (χ2v) is 8.63. The molecule has 1 aliphatic rings. The first kappa shape index (κ1) is 14.9. The Kier molecular flexibility index (Phi) is 4.94. The average molecular weight is 285 g/mol. The molecule has 1 saturated heterocycles. The number of sulfonamides is 1. The van der Waals surface area contributed by atoms with Crippen LogP contribution < -0.4 is 0 Å². The van der Waals surface area contributed by atoms with Gasteiger partial charge in [0, 0.05) is 13.1 Å². The van der Waals surface area contributed by atoms with Crippen molar-refractivity contribution in [3.05, 3.63) is 0 Å². The minimum Gasteiger partial charge on any atom is -0.395 e. The molecule has 0 bridgehead atoms. The van der Waals surface area contributed by atoms with Crippen molar-refractivity contribution in [1.29, 1.82) is 0 Å². The Bertz CT molecular complexity index is 436. The number of aliphatic hydroxyl groups is 1. The maximum absolute atomic E-state index is 12.2. The van der Waals surface area contributed by atoms with Crippen molar-refractivity contribution < 1.29 is 21.9 Å². The second kappa shape index (κ2) is 5.64. The summed E-state index contributed by atoms with van der Waals surface area (Å²) in [5.41, 5.74) is 0. The molecule has 0 aliphatic carbocycles. The summed E-state index contributed by atoms with van der Waals surface area (Å²) < 4.78 is 48.1. The van der Waals surface area contributed by atoms with Crippen LogP contribution in [-0.2, 0) is 19.9 Å². The van der Waals surface area contributed by atoms with E-state index >= 15 is 0 Å². The minimum absolute atomic E-state index is 0.0344. The second-order valence-electron chi connectivity index (χ2n) is 4.19. The molecular formula is C9H19NO5S2. The van der Waals surface area contributed by atoms with Crippen LogP contribution in [0.2, 0.25) is 0 Å². The lowest BCUT2D eigenvalue weighted by Gasteiger charge is -2.23. The van der Waals surface area contributed by atoms with E-state index in [0.29, 0.717) is 13.0 Å². The molecule has 6 nitrogen and oxygen atoms in total. The van der Waals surface area contributed by atoms with Gasteiger partial charge in [-0.05, 0) is 12.8 Å². The van der Waals surface area contributed by atoms with Crippen LogP contribution in [0.25, 0.3) is 0 Å². The average Bonchev–Trinajstić information content (AvgIpc) is 2.59. The summed E-state index contributed by atoms with van der Waals surface area (Å²) in [5, 5.41) is 8.01. The van der Waals surface area contributed by atoms with Gasteiger partial charge in [0.25, 0.3) is 0 Å². The van der Waals surface area contributed by atoms with Gasteiger partial charge in [0.2, 0.25) is 10.0 Å². The van der Waals surface area contributed by atoms with Gasteiger partial charge in [-0.15, -0.1) is 0 Å². The van der Waals surface area contributed by atoms with Gasteiger partial charge in [0.15, 0.2) is 9.84 Å². The van der Waals surface area contributed by atoms with Gasteiger partial charge < -0.3 is 5.11 Å². The number of rotatable bonds is 6. The molecule has 1 fully saturated rings. The van der Waals surface area contributed by atoms with Crippen LogP contribution in [0.1, 0.15) is 19.8 Å². The molecule has 0 aromatic rings. The lowest BCUT2D eigenvalue weighted by Crippen LogP contribution is -2.41. The highest BCUT2D eigenvalue weighted by molar-refractivity contribution is 7.95. The number of sulfone groups is 1. The third-order valence-corrected chi connectivity index (χ3v) is 7.10. The predicted molar refractivity (Wildman–Crippen MR) is 64.9 cm³/mol. The molecule has 0 aromatic carbocycles. The van der Waals surface area contributed by atoms with Gasteiger partial charge in [0.05, 0.1) is 23.4 Å². The summed E-state index contributed by atoms with van der Waals surface area (Å²) in [6.07, 6.45) is 0.801. The summed E-state index contributed by atoms with van der Waals surface area (Å²) in [6, 6.07) is 0. The van der Waals surface area contributed by atoms with Crippen LogP contribution in [0.5, 0.6) is 0 Å². The van der Waals surface area contributed by atoms with Crippen LogP contribution in [-0.4, -0.2) is 62.7 Å². The molecule has 102 valence electrons. The Morgan fingerprint density at radius 2 is 2.00 bits per heavy atom. The number of nitrogens with zero attached hydrogens (tertiary/aromatic N) is 1. The van der Waals surface area contributed by atoms with E-state index in [9.17, 15) is 16.8 Å².